The van der Waals surface area contributed by atoms with Gasteiger partial charge >= 0.3 is 0 Å². The van der Waals surface area contributed by atoms with Gasteiger partial charge in [0.25, 0.3) is 7.52 Å². The van der Waals surface area contributed by atoms with Crippen LogP contribution >= 0.6 is 7.52 Å². The third kappa shape index (κ3) is 2.83. The third-order valence-corrected chi connectivity index (χ3v) is 5.84. The zero-order chi connectivity index (χ0) is 11.9. The van der Waals surface area contributed by atoms with E-state index in [0.29, 0.717) is 6.16 Å². The molecule has 1 aliphatic rings. The molecule has 1 rings (SSSR count). The molecule has 1 atom stereocenters. The number of hydrogen-bond acceptors (Lipinski definition) is 2. The lowest BCUT2D eigenvalue weighted by atomic mass is 10.1. The first-order valence-electron chi connectivity index (χ1n) is 5.69. The molecule has 0 N–H and O–H groups in total. The second-order valence-electron chi connectivity index (χ2n) is 5.94. The van der Waals surface area contributed by atoms with Gasteiger partial charge in [-0.15, -0.1) is 0 Å². The molecule has 3 nitrogen and oxygen atoms in total. The van der Waals surface area contributed by atoms with Crippen molar-refractivity contribution in [3.05, 3.63) is 0 Å². The average Bonchev–Trinajstić information content (AvgIpc) is 2.20. The predicted octanol–water partition coefficient (Wildman–Crippen LogP) is 3.50. The summed E-state index contributed by atoms with van der Waals surface area (Å²) in [6, 6.07) is 0. The van der Waals surface area contributed by atoms with Crippen molar-refractivity contribution < 1.29 is 9.09 Å². The van der Waals surface area contributed by atoms with E-state index < -0.39 is 7.52 Å². The predicted molar refractivity (Wildman–Crippen MR) is 64.4 cm³/mol. The topological polar surface area (TPSA) is 29.5 Å². The zero-order valence-electron chi connectivity index (χ0n) is 10.8. The van der Waals surface area contributed by atoms with Gasteiger partial charge < -0.3 is 4.52 Å². The van der Waals surface area contributed by atoms with Gasteiger partial charge in [-0.25, -0.2) is 4.67 Å². The van der Waals surface area contributed by atoms with Gasteiger partial charge in [0.1, 0.15) is 0 Å². The van der Waals surface area contributed by atoms with Crippen molar-refractivity contribution in [2.45, 2.75) is 59.1 Å². The van der Waals surface area contributed by atoms with E-state index in [2.05, 4.69) is 32.4 Å². The van der Waals surface area contributed by atoms with Gasteiger partial charge in [-0.1, -0.05) is 6.92 Å². The lowest BCUT2D eigenvalue weighted by Gasteiger charge is -2.34. The van der Waals surface area contributed by atoms with Gasteiger partial charge in [-0.3, -0.25) is 4.57 Å². The maximum atomic E-state index is 12.7. The molecule has 0 aromatic heterocycles. The molecule has 0 bridgehead atoms. The fourth-order valence-electron chi connectivity index (χ4n) is 2.08. The average molecular weight is 233 g/mol. The van der Waals surface area contributed by atoms with Crippen molar-refractivity contribution in [3.8, 4) is 0 Å². The molecule has 0 amide bonds. The Morgan fingerprint density at radius 3 is 2.33 bits per heavy atom. The molecule has 0 radical (unpaired) electrons. The second-order valence-corrected chi connectivity index (χ2v) is 8.33. The van der Waals surface area contributed by atoms with Crippen LogP contribution in [-0.2, 0) is 9.09 Å². The van der Waals surface area contributed by atoms with Crippen molar-refractivity contribution in [3.63, 3.8) is 0 Å². The Labute approximate surface area is 93.7 Å². The highest BCUT2D eigenvalue weighted by molar-refractivity contribution is 7.56. The molecule has 1 aliphatic heterocycles. The maximum Gasteiger partial charge on any atom is 0.273 e. The molecule has 0 aliphatic carbocycles. The number of nitrogens with zero attached hydrogens (tertiary/aromatic N) is 1. The number of rotatable bonds is 2. The monoisotopic (exact) mass is 233 g/mol. The van der Waals surface area contributed by atoms with E-state index in [4.69, 9.17) is 4.52 Å². The van der Waals surface area contributed by atoms with Crippen LogP contribution in [0.25, 0.3) is 0 Å². The highest BCUT2D eigenvalue weighted by Gasteiger charge is 2.50. The van der Waals surface area contributed by atoms with Gasteiger partial charge in [-0.2, -0.15) is 0 Å². The van der Waals surface area contributed by atoms with Gasteiger partial charge in [-0.05, 0) is 41.0 Å². The summed E-state index contributed by atoms with van der Waals surface area (Å²) in [5.41, 5.74) is -0.365. The molecular formula is C11H24NO2P. The van der Waals surface area contributed by atoms with E-state index in [1.54, 1.807) is 0 Å². The standard InChI is InChI=1S/C11H24NO2P/c1-7-8-15(13)12(10(2,3)4)9-11(5,6)14-15/h7-9H2,1-6H3. The first kappa shape index (κ1) is 13.2. The Hall–Kier alpha value is 0.150. The summed E-state index contributed by atoms with van der Waals surface area (Å²) in [5.74, 6) is 0. The Morgan fingerprint density at radius 2 is 1.93 bits per heavy atom. The van der Waals surface area contributed by atoms with Crippen LogP contribution in [0, 0.1) is 0 Å². The van der Waals surface area contributed by atoms with Crippen LogP contribution in [0.5, 0.6) is 0 Å². The first-order valence-corrected chi connectivity index (χ1v) is 7.45. The van der Waals surface area contributed by atoms with Crippen LogP contribution in [-0.4, -0.2) is 28.5 Å². The fourth-order valence-corrected chi connectivity index (χ4v) is 5.37. The molecule has 0 spiro atoms. The fraction of sp³-hybridized carbons (Fsp3) is 1.00. The molecule has 1 heterocycles. The lowest BCUT2D eigenvalue weighted by Crippen LogP contribution is -2.40. The molecule has 1 saturated heterocycles. The van der Waals surface area contributed by atoms with Crippen LogP contribution in [0.4, 0.5) is 0 Å². The molecule has 0 saturated carbocycles. The molecule has 4 heteroatoms. The van der Waals surface area contributed by atoms with Crippen LogP contribution < -0.4 is 0 Å². The molecule has 1 fully saturated rings. The minimum atomic E-state index is -2.59. The molecular weight excluding hydrogens is 209 g/mol. The highest BCUT2D eigenvalue weighted by Crippen LogP contribution is 2.62. The summed E-state index contributed by atoms with van der Waals surface area (Å²) < 4.78 is 20.6. The largest absolute Gasteiger partial charge is 0.310 e. The van der Waals surface area contributed by atoms with E-state index in [1.165, 1.54) is 0 Å². The summed E-state index contributed by atoms with van der Waals surface area (Å²) in [5, 5.41) is 0. The molecule has 0 aromatic rings. The molecule has 1 unspecified atom stereocenters. The third-order valence-electron chi connectivity index (χ3n) is 2.57. The minimum Gasteiger partial charge on any atom is -0.310 e. The van der Waals surface area contributed by atoms with Crippen molar-refractivity contribution >= 4 is 7.52 Å². The van der Waals surface area contributed by atoms with Crippen LogP contribution in [0.1, 0.15) is 48.0 Å². The first-order chi connectivity index (χ1) is 6.61. The van der Waals surface area contributed by atoms with Crippen molar-refractivity contribution in [2.24, 2.45) is 0 Å². The Bertz CT molecular complexity index is 281. The van der Waals surface area contributed by atoms with Crippen LogP contribution in [0.15, 0.2) is 0 Å². The van der Waals surface area contributed by atoms with E-state index in [-0.39, 0.29) is 11.1 Å². The Balaban J connectivity index is 2.99. The van der Waals surface area contributed by atoms with Gasteiger partial charge in [0, 0.05) is 18.2 Å². The van der Waals surface area contributed by atoms with E-state index in [9.17, 15) is 4.57 Å². The SMILES string of the molecule is CCCP1(=O)OC(C)(C)CN1C(C)(C)C. The minimum absolute atomic E-state index is 0.0849. The van der Waals surface area contributed by atoms with Crippen molar-refractivity contribution in [1.82, 2.24) is 4.67 Å². The molecule has 15 heavy (non-hydrogen) atoms. The van der Waals surface area contributed by atoms with E-state index in [1.807, 2.05) is 13.8 Å². The van der Waals surface area contributed by atoms with Crippen LogP contribution in [0.2, 0.25) is 0 Å². The van der Waals surface area contributed by atoms with Gasteiger partial charge in [0.05, 0.1) is 5.60 Å². The van der Waals surface area contributed by atoms with E-state index >= 15 is 0 Å². The smallest absolute Gasteiger partial charge is 0.273 e. The molecule has 90 valence electrons. The normalized spacial score (nSPS) is 32.1. The van der Waals surface area contributed by atoms with Gasteiger partial charge in [0.15, 0.2) is 0 Å². The maximum absolute atomic E-state index is 12.7. The summed E-state index contributed by atoms with van der Waals surface area (Å²) >= 11 is 0. The van der Waals surface area contributed by atoms with Gasteiger partial charge in [0.2, 0.25) is 0 Å². The summed E-state index contributed by atoms with van der Waals surface area (Å²) in [6.45, 7) is 13.1. The lowest BCUT2D eigenvalue weighted by molar-refractivity contribution is 0.138. The summed E-state index contributed by atoms with van der Waals surface area (Å²) in [6.07, 6.45) is 1.56. The second kappa shape index (κ2) is 3.87. The Morgan fingerprint density at radius 1 is 1.40 bits per heavy atom. The van der Waals surface area contributed by atoms with E-state index in [0.717, 1.165) is 13.0 Å². The quantitative estimate of drug-likeness (QED) is 0.684. The van der Waals surface area contributed by atoms with Crippen molar-refractivity contribution in [2.75, 3.05) is 12.7 Å². The Kier molecular flexibility index (Phi) is 3.41. The number of hydrogen-bond donors (Lipinski definition) is 0. The van der Waals surface area contributed by atoms with Crippen LogP contribution in [0.3, 0.4) is 0 Å². The summed E-state index contributed by atoms with van der Waals surface area (Å²) in [7, 11) is -2.59. The molecule has 0 aromatic carbocycles. The summed E-state index contributed by atoms with van der Waals surface area (Å²) in [4.78, 5) is 0. The zero-order valence-corrected chi connectivity index (χ0v) is 11.7. The van der Waals surface area contributed by atoms with Crippen molar-refractivity contribution in [1.29, 1.82) is 0 Å². The highest BCUT2D eigenvalue weighted by atomic mass is 31.2.